The Morgan fingerprint density at radius 2 is 1.42 bits per heavy atom. The molecule has 0 spiro atoms. The van der Waals surface area contributed by atoms with E-state index in [1.165, 1.54) is 55.5 Å². The molecular weight excluding hydrogens is 684 g/mol. The van der Waals surface area contributed by atoms with E-state index in [-0.39, 0.29) is 34.0 Å². The van der Waals surface area contributed by atoms with Crippen LogP contribution in [0.25, 0.3) is 28.4 Å². The van der Waals surface area contributed by atoms with Gasteiger partial charge in [0.25, 0.3) is 0 Å². The minimum Gasteiger partial charge on any atom is -0.508 e. The Morgan fingerprint density at radius 3 is 2.10 bits per heavy atom. The quantitative estimate of drug-likeness (QED) is 0.0682. The topological polar surface area (TPSA) is 243 Å². The number of hydrogen-bond donors (Lipinski definition) is 7. The van der Waals surface area contributed by atoms with Crippen LogP contribution >= 0.6 is 0 Å². The predicted octanol–water partition coefficient (Wildman–Crippen LogP) is 4.03. The minimum absolute atomic E-state index is 0.0200. The summed E-state index contributed by atoms with van der Waals surface area (Å²) in [5.74, 6) is -5.37. The first kappa shape index (κ1) is 35.1. The van der Waals surface area contributed by atoms with Crippen molar-refractivity contribution in [3.63, 3.8) is 0 Å². The molecule has 7 N–H and O–H groups in total. The van der Waals surface area contributed by atoms with Crippen LogP contribution < -0.4 is 10.2 Å². The van der Waals surface area contributed by atoms with Crippen LogP contribution in [0, 0.1) is 0 Å². The van der Waals surface area contributed by atoms with Gasteiger partial charge in [-0.05, 0) is 73.2 Å². The van der Waals surface area contributed by atoms with Gasteiger partial charge in [-0.3, -0.25) is 4.79 Å². The maximum absolute atomic E-state index is 14.0. The number of aliphatic hydroxyl groups excluding tert-OH is 1. The van der Waals surface area contributed by atoms with Crippen molar-refractivity contribution in [2.45, 2.75) is 37.6 Å². The Kier molecular flexibility index (Phi) is 9.63. The summed E-state index contributed by atoms with van der Waals surface area (Å²) in [6, 6.07) is 16.2. The number of carbonyl (C=O) groups excluding carboxylic acids is 2. The molecule has 5 aromatic rings. The fourth-order valence-electron chi connectivity index (χ4n) is 5.44. The largest absolute Gasteiger partial charge is 0.508 e. The SMILES string of the molecule is C[C@H]1O[C@H](Oc2c(-c3ccc(O)c(O)c3)oc3cc(O)cc(O)c3c2=O)[C@@H](OC(=O)c2ccc(O)cc2)[C@@H](O)[C@@H]1OC(=O)/C=C/c1ccc(O)cc1. The number of aromatic hydroxyl groups is 6. The average molecular weight is 715 g/mol. The lowest BCUT2D eigenvalue weighted by Gasteiger charge is -2.42. The zero-order valence-electron chi connectivity index (χ0n) is 26.9. The lowest BCUT2D eigenvalue weighted by atomic mass is 9.99. The van der Waals surface area contributed by atoms with E-state index in [1.54, 1.807) is 12.1 Å². The van der Waals surface area contributed by atoms with Gasteiger partial charge in [0, 0.05) is 23.8 Å². The van der Waals surface area contributed by atoms with E-state index in [0.717, 1.165) is 30.3 Å². The van der Waals surface area contributed by atoms with Gasteiger partial charge in [-0.1, -0.05) is 12.1 Å². The highest BCUT2D eigenvalue weighted by atomic mass is 16.7. The van der Waals surface area contributed by atoms with Gasteiger partial charge in [-0.15, -0.1) is 0 Å². The maximum atomic E-state index is 14.0. The molecule has 0 unspecified atom stereocenters. The molecule has 2 heterocycles. The van der Waals surface area contributed by atoms with E-state index in [2.05, 4.69) is 0 Å². The Hall–Kier alpha value is -6.71. The third-order valence-electron chi connectivity index (χ3n) is 8.05. The van der Waals surface area contributed by atoms with Gasteiger partial charge < -0.3 is 59.1 Å². The van der Waals surface area contributed by atoms with Gasteiger partial charge in [-0.25, -0.2) is 9.59 Å². The molecule has 1 aliphatic rings. The average Bonchev–Trinajstić information content (AvgIpc) is 3.10. The Labute approximate surface area is 293 Å². The maximum Gasteiger partial charge on any atom is 0.338 e. The summed E-state index contributed by atoms with van der Waals surface area (Å²) in [5.41, 5.74) is -0.850. The summed E-state index contributed by atoms with van der Waals surface area (Å²) in [4.78, 5) is 40.1. The van der Waals surface area contributed by atoms with Gasteiger partial charge in [0.15, 0.2) is 29.5 Å². The molecule has 5 atom stereocenters. The van der Waals surface area contributed by atoms with E-state index >= 15 is 0 Å². The van der Waals surface area contributed by atoms with Crippen LogP contribution in [0.3, 0.4) is 0 Å². The van der Waals surface area contributed by atoms with E-state index < -0.39 is 82.2 Å². The second-order valence-electron chi connectivity index (χ2n) is 11.7. The first-order valence-electron chi connectivity index (χ1n) is 15.5. The summed E-state index contributed by atoms with van der Waals surface area (Å²) in [5, 5.41) is 71.1. The highest BCUT2D eigenvalue weighted by Gasteiger charge is 2.50. The van der Waals surface area contributed by atoms with Crippen LogP contribution in [0.2, 0.25) is 0 Å². The van der Waals surface area contributed by atoms with Crippen molar-refractivity contribution in [2.75, 3.05) is 0 Å². The second-order valence-corrected chi connectivity index (χ2v) is 11.7. The first-order valence-corrected chi connectivity index (χ1v) is 15.5. The van der Waals surface area contributed by atoms with Gasteiger partial charge in [0.1, 0.15) is 40.1 Å². The van der Waals surface area contributed by atoms with E-state index in [1.807, 2.05) is 0 Å². The minimum atomic E-state index is -1.85. The predicted molar refractivity (Wildman–Crippen MR) is 180 cm³/mol. The number of benzene rings is 4. The van der Waals surface area contributed by atoms with Crippen LogP contribution in [0.5, 0.6) is 40.2 Å². The summed E-state index contributed by atoms with van der Waals surface area (Å²) >= 11 is 0. The molecule has 1 aromatic heterocycles. The number of ether oxygens (including phenoxy) is 4. The fraction of sp³-hybridized carbons (Fsp3) is 0.162. The third-order valence-corrected chi connectivity index (χ3v) is 8.05. The smallest absolute Gasteiger partial charge is 0.338 e. The van der Waals surface area contributed by atoms with Crippen LogP contribution in [-0.4, -0.2) is 78.4 Å². The summed E-state index contributed by atoms with van der Waals surface area (Å²) < 4.78 is 29.0. The molecule has 6 rings (SSSR count). The summed E-state index contributed by atoms with van der Waals surface area (Å²) in [7, 11) is 0. The molecule has 1 aliphatic heterocycles. The molecule has 15 heteroatoms. The molecule has 268 valence electrons. The van der Waals surface area contributed by atoms with Crippen molar-refractivity contribution in [1.29, 1.82) is 0 Å². The molecule has 1 fully saturated rings. The zero-order chi connectivity index (χ0) is 37.3. The van der Waals surface area contributed by atoms with Crippen molar-refractivity contribution in [3.8, 4) is 51.6 Å². The molecule has 1 saturated heterocycles. The van der Waals surface area contributed by atoms with E-state index in [0.29, 0.717) is 5.56 Å². The molecule has 0 saturated carbocycles. The second kappa shape index (κ2) is 14.3. The Balaban J connectivity index is 1.39. The van der Waals surface area contributed by atoms with Crippen LogP contribution in [0.1, 0.15) is 22.8 Å². The van der Waals surface area contributed by atoms with Crippen molar-refractivity contribution < 1.29 is 68.7 Å². The summed E-state index contributed by atoms with van der Waals surface area (Å²) in [6.45, 7) is 1.41. The number of carbonyl (C=O) groups is 2. The van der Waals surface area contributed by atoms with Crippen molar-refractivity contribution in [3.05, 3.63) is 106 Å². The Morgan fingerprint density at radius 1 is 0.750 bits per heavy atom. The standard InChI is InChI=1S/C37H30O15/c1-17-32(50-28(44)13-4-18-2-8-21(38)9-3-18)31(46)35(51-36(47)19-5-10-22(39)11-6-19)37(48-17)52-34-30(45)29-26(43)15-23(40)16-27(29)49-33(34)20-7-12-24(41)25(42)14-20/h2-17,31-32,35,37-43,46H,1H3/b13-4+/t17-,31+,32-,35+,37-/m1/s1. The molecule has 4 aromatic carbocycles. The van der Waals surface area contributed by atoms with Gasteiger partial charge in [0.05, 0.1) is 11.7 Å². The number of phenols is 6. The van der Waals surface area contributed by atoms with Crippen LogP contribution in [0.4, 0.5) is 0 Å². The molecule has 0 radical (unpaired) electrons. The molecule has 52 heavy (non-hydrogen) atoms. The number of fused-ring (bicyclic) bond motifs is 1. The van der Waals surface area contributed by atoms with Gasteiger partial charge >= 0.3 is 11.9 Å². The number of phenolic OH excluding ortho intramolecular Hbond substituents is 6. The molecule has 0 amide bonds. The van der Waals surface area contributed by atoms with Crippen molar-refractivity contribution in [2.24, 2.45) is 0 Å². The van der Waals surface area contributed by atoms with Crippen molar-refractivity contribution >= 4 is 29.0 Å². The number of aliphatic hydroxyl groups is 1. The monoisotopic (exact) mass is 714 g/mol. The number of hydrogen-bond acceptors (Lipinski definition) is 15. The molecule has 0 bridgehead atoms. The first-order chi connectivity index (χ1) is 24.8. The fourth-order valence-corrected chi connectivity index (χ4v) is 5.44. The number of esters is 2. The zero-order valence-corrected chi connectivity index (χ0v) is 26.9. The van der Waals surface area contributed by atoms with E-state index in [9.17, 15) is 50.1 Å². The third kappa shape index (κ3) is 7.26. The normalized spacial score (nSPS) is 20.1. The lowest BCUT2D eigenvalue weighted by molar-refractivity contribution is -0.271. The van der Waals surface area contributed by atoms with Crippen LogP contribution in [0.15, 0.2) is 94.2 Å². The van der Waals surface area contributed by atoms with E-state index in [4.69, 9.17) is 23.4 Å². The summed E-state index contributed by atoms with van der Waals surface area (Å²) in [6.07, 6.45) is -5.67. The molecular formula is C37H30O15. The molecule has 0 aliphatic carbocycles. The van der Waals surface area contributed by atoms with Crippen molar-refractivity contribution in [1.82, 2.24) is 0 Å². The van der Waals surface area contributed by atoms with Gasteiger partial charge in [-0.2, -0.15) is 0 Å². The number of rotatable bonds is 8. The lowest BCUT2D eigenvalue weighted by Crippen LogP contribution is -2.61. The highest BCUT2D eigenvalue weighted by molar-refractivity contribution is 5.90. The Bertz CT molecular complexity index is 2220. The van der Waals surface area contributed by atoms with Crippen LogP contribution in [-0.2, 0) is 19.0 Å². The van der Waals surface area contributed by atoms with Gasteiger partial charge in [0.2, 0.25) is 17.5 Å². The molecule has 15 nitrogen and oxygen atoms in total. The highest BCUT2D eigenvalue weighted by Crippen LogP contribution is 2.40.